The summed E-state index contributed by atoms with van der Waals surface area (Å²) >= 11 is 0. The summed E-state index contributed by atoms with van der Waals surface area (Å²) in [6.45, 7) is -1.24. The molecule has 0 spiro atoms. The number of alkyl halides is 4. The maximum atomic E-state index is 14.0. The predicted octanol–water partition coefficient (Wildman–Crippen LogP) is 3.62. The first-order chi connectivity index (χ1) is 13.6. The van der Waals surface area contributed by atoms with Gasteiger partial charge in [-0.2, -0.15) is 9.37 Å². The Morgan fingerprint density at radius 3 is 2.52 bits per heavy atom. The first-order valence-electron chi connectivity index (χ1n) is 7.64. The van der Waals surface area contributed by atoms with E-state index >= 15 is 0 Å². The molecule has 0 fully saturated rings. The second-order valence-corrected chi connectivity index (χ2v) is 7.16. The molecule has 2 N–H and O–H groups in total. The van der Waals surface area contributed by atoms with Gasteiger partial charge < -0.3 is 9.72 Å². The fourth-order valence-electron chi connectivity index (χ4n) is 2.30. The van der Waals surface area contributed by atoms with Gasteiger partial charge in [-0.25, -0.2) is 35.4 Å². The van der Waals surface area contributed by atoms with Crippen molar-refractivity contribution in [3.05, 3.63) is 41.9 Å². The number of ether oxygens (including phenoxy) is 1. The molecule has 0 aromatic carbocycles. The molecule has 3 aromatic heterocycles. The smallest absolute Gasteiger partial charge is 0.280 e. The van der Waals surface area contributed by atoms with Crippen LogP contribution in [0.15, 0.2) is 29.3 Å². The first kappa shape index (κ1) is 20.7. The minimum atomic E-state index is -4.52. The summed E-state index contributed by atoms with van der Waals surface area (Å²) in [7, 11) is -4.52. The number of aromatic nitrogens is 3. The van der Waals surface area contributed by atoms with Gasteiger partial charge in [0.2, 0.25) is 5.95 Å². The van der Waals surface area contributed by atoms with Crippen molar-refractivity contribution in [3.8, 4) is 5.88 Å². The Labute approximate surface area is 158 Å². The third kappa shape index (κ3) is 4.36. The lowest BCUT2D eigenvalue weighted by molar-refractivity contribution is 0.0768. The van der Waals surface area contributed by atoms with Gasteiger partial charge >= 0.3 is 0 Å². The number of nitrogens with one attached hydrogen (secondary N) is 2. The van der Waals surface area contributed by atoms with Gasteiger partial charge in [0.15, 0.2) is 12.4 Å². The molecule has 3 rings (SSSR count). The molecule has 0 radical (unpaired) electrons. The highest BCUT2D eigenvalue weighted by molar-refractivity contribution is 7.93. The van der Waals surface area contributed by atoms with Gasteiger partial charge in [-0.3, -0.25) is 4.72 Å². The topological polar surface area (TPSA) is 97.0 Å². The van der Waals surface area contributed by atoms with E-state index < -0.39 is 63.4 Å². The quantitative estimate of drug-likeness (QED) is 0.432. The highest BCUT2D eigenvalue weighted by atomic mass is 32.2. The number of anilines is 1. The standard InChI is InChI=1S/C15H10F6N4O3S/c16-7-3-9(13(21)24-15(7)28-5-11(17)18)25-29(26,27)10-4-22-14-6(10)1-2-8(23-14)12(19)20/h1-4,11-12,25H,5H2,(H,22,23). The van der Waals surface area contributed by atoms with Crippen LogP contribution in [0.3, 0.4) is 0 Å². The van der Waals surface area contributed by atoms with Crippen molar-refractivity contribution in [3.63, 3.8) is 0 Å². The zero-order chi connectivity index (χ0) is 21.3. The van der Waals surface area contributed by atoms with Crippen molar-refractivity contribution in [1.29, 1.82) is 0 Å². The molecule has 0 saturated carbocycles. The van der Waals surface area contributed by atoms with Crippen LogP contribution in [-0.2, 0) is 10.0 Å². The summed E-state index contributed by atoms with van der Waals surface area (Å²) < 4.78 is 108. The molecule has 0 aliphatic rings. The van der Waals surface area contributed by atoms with E-state index in [0.29, 0.717) is 6.07 Å². The number of hydrogen-bond acceptors (Lipinski definition) is 5. The van der Waals surface area contributed by atoms with Crippen LogP contribution < -0.4 is 9.46 Å². The number of hydrogen-bond donors (Lipinski definition) is 2. The molecule has 0 aliphatic heterocycles. The number of halogens is 6. The van der Waals surface area contributed by atoms with Gasteiger partial charge in [0.1, 0.15) is 21.9 Å². The van der Waals surface area contributed by atoms with Crippen LogP contribution in [-0.4, -0.2) is 36.4 Å². The Hall–Kier alpha value is -3.03. The molecular weight excluding hydrogens is 430 g/mol. The van der Waals surface area contributed by atoms with E-state index in [9.17, 15) is 34.8 Å². The van der Waals surface area contributed by atoms with Crippen molar-refractivity contribution >= 4 is 26.7 Å². The third-order valence-corrected chi connectivity index (χ3v) is 4.93. The molecule has 156 valence electrons. The van der Waals surface area contributed by atoms with Crippen LogP contribution in [0.1, 0.15) is 12.1 Å². The summed E-state index contributed by atoms with van der Waals surface area (Å²) in [5, 5.41) is -0.0763. The largest absolute Gasteiger partial charge is 0.469 e. The molecule has 0 atom stereocenters. The van der Waals surface area contributed by atoms with Crippen molar-refractivity contribution < 1.29 is 39.5 Å². The Morgan fingerprint density at radius 2 is 1.86 bits per heavy atom. The van der Waals surface area contributed by atoms with E-state index in [0.717, 1.165) is 18.3 Å². The van der Waals surface area contributed by atoms with Crippen molar-refractivity contribution in [2.24, 2.45) is 0 Å². The lowest BCUT2D eigenvalue weighted by atomic mass is 10.3. The number of pyridine rings is 2. The minimum absolute atomic E-state index is 0.0763. The average Bonchev–Trinajstić information content (AvgIpc) is 3.07. The van der Waals surface area contributed by atoms with Crippen LogP contribution in [0.2, 0.25) is 0 Å². The Bertz CT molecular complexity index is 1150. The van der Waals surface area contributed by atoms with Gasteiger partial charge in [-0.15, -0.1) is 0 Å². The second kappa shape index (κ2) is 7.77. The lowest BCUT2D eigenvalue weighted by Crippen LogP contribution is -2.15. The van der Waals surface area contributed by atoms with Crippen LogP contribution in [0, 0.1) is 11.8 Å². The first-order valence-corrected chi connectivity index (χ1v) is 9.13. The summed E-state index contributed by atoms with van der Waals surface area (Å²) in [6, 6.07) is 2.35. The van der Waals surface area contributed by atoms with Gasteiger partial charge in [-0.05, 0) is 12.1 Å². The van der Waals surface area contributed by atoms with Crippen molar-refractivity contribution in [2.75, 3.05) is 11.3 Å². The van der Waals surface area contributed by atoms with Gasteiger partial charge in [-0.1, -0.05) is 0 Å². The Balaban J connectivity index is 1.91. The number of H-pyrrole nitrogens is 1. The molecule has 0 amide bonds. The maximum Gasteiger partial charge on any atom is 0.280 e. The number of nitrogens with zero attached hydrogens (tertiary/aromatic N) is 2. The molecule has 0 bridgehead atoms. The molecule has 0 unspecified atom stereocenters. The van der Waals surface area contributed by atoms with E-state index in [2.05, 4.69) is 19.7 Å². The maximum absolute atomic E-state index is 14.0. The molecule has 3 aromatic rings. The Kier molecular flexibility index (Phi) is 5.55. The van der Waals surface area contributed by atoms with E-state index in [-0.39, 0.29) is 11.0 Å². The summed E-state index contributed by atoms with van der Waals surface area (Å²) in [4.78, 5) is 8.47. The predicted molar refractivity (Wildman–Crippen MR) is 87.5 cm³/mol. The van der Waals surface area contributed by atoms with Crippen LogP contribution in [0.25, 0.3) is 11.0 Å². The van der Waals surface area contributed by atoms with E-state index in [1.807, 2.05) is 0 Å². The van der Waals surface area contributed by atoms with Crippen molar-refractivity contribution in [2.45, 2.75) is 17.7 Å². The van der Waals surface area contributed by atoms with Crippen molar-refractivity contribution in [1.82, 2.24) is 15.0 Å². The monoisotopic (exact) mass is 440 g/mol. The fraction of sp³-hybridized carbons (Fsp3) is 0.200. The fourth-order valence-corrected chi connectivity index (χ4v) is 3.51. The zero-order valence-corrected chi connectivity index (χ0v) is 14.8. The van der Waals surface area contributed by atoms with E-state index in [1.54, 1.807) is 4.72 Å². The van der Waals surface area contributed by atoms with Gasteiger partial charge in [0.25, 0.3) is 28.8 Å². The molecule has 3 heterocycles. The zero-order valence-electron chi connectivity index (χ0n) is 14.0. The lowest BCUT2D eigenvalue weighted by Gasteiger charge is -2.10. The average molecular weight is 440 g/mol. The summed E-state index contributed by atoms with van der Waals surface area (Å²) in [5.74, 6) is -3.98. The van der Waals surface area contributed by atoms with Gasteiger partial charge in [0.05, 0.1) is 0 Å². The minimum Gasteiger partial charge on any atom is -0.469 e. The highest BCUT2D eigenvalue weighted by Gasteiger charge is 2.24. The van der Waals surface area contributed by atoms with E-state index in [1.165, 1.54) is 0 Å². The van der Waals surface area contributed by atoms with Gasteiger partial charge in [0, 0.05) is 17.6 Å². The number of sulfonamides is 1. The second-order valence-electron chi connectivity index (χ2n) is 5.51. The molecule has 7 nitrogen and oxygen atoms in total. The molecule has 0 saturated heterocycles. The van der Waals surface area contributed by atoms with Crippen LogP contribution in [0.4, 0.5) is 32.0 Å². The van der Waals surface area contributed by atoms with Crippen LogP contribution >= 0.6 is 0 Å². The van der Waals surface area contributed by atoms with Crippen LogP contribution in [0.5, 0.6) is 5.88 Å². The SMILES string of the molecule is O=S(=O)(Nc1cc(F)c(OCC(F)F)nc1F)c1c[nH]c2nc(C(F)F)ccc12. The molecule has 0 aliphatic carbocycles. The molecule has 14 heteroatoms. The van der Waals surface area contributed by atoms with E-state index in [4.69, 9.17) is 0 Å². The number of rotatable bonds is 7. The summed E-state index contributed by atoms with van der Waals surface area (Å²) in [6.07, 6.45) is -4.91. The number of fused-ring (bicyclic) bond motifs is 1. The molecule has 29 heavy (non-hydrogen) atoms. The Morgan fingerprint density at radius 1 is 1.14 bits per heavy atom. The highest BCUT2D eigenvalue weighted by Crippen LogP contribution is 2.28. The number of aromatic amines is 1. The third-order valence-electron chi connectivity index (χ3n) is 3.52. The normalized spacial score (nSPS) is 12.1. The molecular formula is C15H10F6N4O3S. The summed E-state index contributed by atoms with van der Waals surface area (Å²) in [5.41, 5.74) is -1.67.